The molecule has 34 heavy (non-hydrogen) atoms. The molecule has 0 aromatic heterocycles. The highest BCUT2D eigenvalue weighted by Gasteiger charge is 2.29. The molecule has 178 valence electrons. The number of nitrogens with one attached hydrogen (secondary N) is 2. The van der Waals surface area contributed by atoms with Gasteiger partial charge in [0.25, 0.3) is 10.0 Å². The van der Waals surface area contributed by atoms with Crippen LogP contribution in [-0.2, 0) is 19.6 Å². The van der Waals surface area contributed by atoms with Crippen LogP contribution < -0.4 is 19.7 Å². The van der Waals surface area contributed by atoms with E-state index in [0.717, 1.165) is 15.4 Å². The molecule has 0 heterocycles. The molecular weight excluding hydrogens is 454 g/mol. The molecule has 0 fully saturated rings. The van der Waals surface area contributed by atoms with E-state index in [1.807, 2.05) is 13.8 Å². The van der Waals surface area contributed by atoms with Crippen molar-refractivity contribution in [1.29, 1.82) is 0 Å². The fourth-order valence-electron chi connectivity index (χ4n) is 3.34. The number of rotatable bonds is 8. The van der Waals surface area contributed by atoms with Crippen molar-refractivity contribution in [1.82, 2.24) is 0 Å². The van der Waals surface area contributed by atoms with Crippen molar-refractivity contribution in [3.05, 3.63) is 77.9 Å². The Morgan fingerprint density at radius 2 is 1.50 bits per heavy atom. The second-order valence-electron chi connectivity index (χ2n) is 7.81. The van der Waals surface area contributed by atoms with Crippen LogP contribution in [0.4, 0.5) is 17.1 Å². The molecule has 3 rings (SSSR count). The molecule has 0 atom stereocenters. The predicted molar refractivity (Wildman–Crippen MR) is 133 cm³/mol. The largest absolute Gasteiger partial charge is 0.495 e. The molecule has 9 heteroatoms. The predicted octanol–water partition coefficient (Wildman–Crippen LogP) is 4.10. The highest BCUT2D eigenvalue weighted by atomic mass is 32.2. The van der Waals surface area contributed by atoms with Crippen molar-refractivity contribution in [2.75, 3.05) is 28.6 Å². The van der Waals surface area contributed by atoms with Gasteiger partial charge in [-0.05, 0) is 61.9 Å². The molecule has 8 nitrogen and oxygen atoms in total. The average Bonchev–Trinajstić information content (AvgIpc) is 2.77. The molecule has 0 aliphatic carbocycles. The van der Waals surface area contributed by atoms with Crippen molar-refractivity contribution in [3.63, 3.8) is 0 Å². The minimum absolute atomic E-state index is 0.0575. The van der Waals surface area contributed by atoms with Gasteiger partial charge in [-0.15, -0.1) is 0 Å². The van der Waals surface area contributed by atoms with E-state index in [1.165, 1.54) is 26.2 Å². The van der Waals surface area contributed by atoms with Crippen LogP contribution in [0, 0.1) is 13.8 Å². The number of hydrogen-bond donors (Lipinski definition) is 2. The Labute approximate surface area is 199 Å². The Kier molecular flexibility index (Phi) is 7.57. The molecule has 0 aliphatic heterocycles. The fourth-order valence-corrected chi connectivity index (χ4v) is 4.76. The summed E-state index contributed by atoms with van der Waals surface area (Å²) in [6, 6.07) is 18.1. The van der Waals surface area contributed by atoms with Gasteiger partial charge in [-0.1, -0.05) is 29.8 Å². The zero-order valence-electron chi connectivity index (χ0n) is 19.5. The summed E-state index contributed by atoms with van der Waals surface area (Å²) in [6.07, 6.45) is 0. The van der Waals surface area contributed by atoms with Gasteiger partial charge in [-0.25, -0.2) is 8.42 Å². The van der Waals surface area contributed by atoms with Crippen LogP contribution in [0.1, 0.15) is 18.1 Å². The zero-order chi connectivity index (χ0) is 24.9. The van der Waals surface area contributed by atoms with Crippen LogP contribution in [0.2, 0.25) is 0 Å². The van der Waals surface area contributed by atoms with E-state index in [4.69, 9.17) is 4.74 Å². The number of sulfonamides is 1. The maximum Gasteiger partial charge on any atom is 0.264 e. The molecule has 3 aromatic rings. The number of aryl methyl sites for hydroxylation is 2. The summed E-state index contributed by atoms with van der Waals surface area (Å²) < 4.78 is 33.7. The Balaban J connectivity index is 1.98. The Hall–Kier alpha value is -3.85. The lowest BCUT2D eigenvalue weighted by Crippen LogP contribution is -2.38. The van der Waals surface area contributed by atoms with Crippen LogP contribution in [0.3, 0.4) is 0 Å². The number of amides is 2. The quantitative estimate of drug-likeness (QED) is 0.504. The van der Waals surface area contributed by atoms with Crippen LogP contribution >= 0.6 is 0 Å². The minimum atomic E-state index is -4.10. The van der Waals surface area contributed by atoms with Crippen molar-refractivity contribution in [3.8, 4) is 5.75 Å². The topological polar surface area (TPSA) is 105 Å². The first-order valence-electron chi connectivity index (χ1n) is 10.5. The lowest BCUT2D eigenvalue weighted by molar-refractivity contribution is -0.115. The first-order chi connectivity index (χ1) is 16.1. The van der Waals surface area contributed by atoms with E-state index in [2.05, 4.69) is 10.6 Å². The number of benzene rings is 3. The van der Waals surface area contributed by atoms with Gasteiger partial charge in [0.2, 0.25) is 11.8 Å². The zero-order valence-corrected chi connectivity index (χ0v) is 20.3. The lowest BCUT2D eigenvalue weighted by atomic mass is 10.2. The van der Waals surface area contributed by atoms with Gasteiger partial charge >= 0.3 is 0 Å². The number of nitrogens with zero attached hydrogens (tertiary/aromatic N) is 1. The molecule has 0 aliphatic rings. The number of ether oxygens (including phenoxy) is 1. The average molecular weight is 482 g/mol. The van der Waals surface area contributed by atoms with Crippen molar-refractivity contribution >= 4 is 38.9 Å². The monoisotopic (exact) mass is 481 g/mol. The minimum Gasteiger partial charge on any atom is -0.495 e. The number of methoxy groups -OCH3 is 1. The van der Waals surface area contributed by atoms with Gasteiger partial charge in [0.15, 0.2) is 0 Å². The van der Waals surface area contributed by atoms with E-state index in [1.54, 1.807) is 54.6 Å². The van der Waals surface area contributed by atoms with Gasteiger partial charge in [0, 0.05) is 18.3 Å². The maximum atomic E-state index is 13.6. The van der Waals surface area contributed by atoms with E-state index in [-0.39, 0.29) is 16.5 Å². The van der Waals surface area contributed by atoms with Gasteiger partial charge in [-0.3, -0.25) is 13.9 Å². The summed E-state index contributed by atoms with van der Waals surface area (Å²) in [6.45, 7) is 4.59. The summed E-state index contributed by atoms with van der Waals surface area (Å²) in [4.78, 5) is 24.4. The van der Waals surface area contributed by atoms with E-state index in [0.29, 0.717) is 17.1 Å². The Morgan fingerprint density at radius 3 is 2.12 bits per heavy atom. The number of hydrogen-bond acceptors (Lipinski definition) is 5. The molecular formula is C25H27N3O5S. The van der Waals surface area contributed by atoms with Crippen molar-refractivity contribution < 1.29 is 22.7 Å². The van der Waals surface area contributed by atoms with Crippen LogP contribution in [0.15, 0.2) is 71.6 Å². The molecule has 0 saturated heterocycles. The maximum absolute atomic E-state index is 13.6. The molecule has 0 radical (unpaired) electrons. The normalized spacial score (nSPS) is 10.9. The first-order valence-corrected chi connectivity index (χ1v) is 12.0. The third-order valence-electron chi connectivity index (χ3n) is 4.97. The van der Waals surface area contributed by atoms with Crippen molar-refractivity contribution in [2.24, 2.45) is 0 Å². The fraction of sp³-hybridized carbons (Fsp3) is 0.200. The molecule has 3 aromatic carbocycles. The summed E-state index contributed by atoms with van der Waals surface area (Å²) in [5.41, 5.74) is 2.90. The number of carbonyl (C=O) groups excluding carboxylic acids is 2. The highest BCUT2D eigenvalue weighted by molar-refractivity contribution is 7.92. The standard InChI is InChI=1S/C25H27N3O5S/c1-17-8-11-22(12-9-17)34(31,32)28(23-14-18(2)10-13-24(23)33-4)16-25(30)27-21-7-5-6-20(15-21)26-19(3)29/h5-15H,16H2,1-4H3,(H,26,29)(H,27,30). The third-order valence-corrected chi connectivity index (χ3v) is 6.74. The van der Waals surface area contributed by atoms with Gasteiger partial charge in [0.05, 0.1) is 17.7 Å². The number of anilines is 3. The smallest absolute Gasteiger partial charge is 0.264 e. The van der Waals surface area contributed by atoms with E-state index < -0.39 is 22.5 Å². The van der Waals surface area contributed by atoms with Crippen LogP contribution in [0.25, 0.3) is 0 Å². The molecule has 2 N–H and O–H groups in total. The van der Waals surface area contributed by atoms with Crippen molar-refractivity contribution in [2.45, 2.75) is 25.7 Å². The van der Waals surface area contributed by atoms with Gasteiger partial charge < -0.3 is 15.4 Å². The summed E-state index contributed by atoms with van der Waals surface area (Å²) in [5, 5.41) is 5.35. The Morgan fingerprint density at radius 1 is 0.882 bits per heavy atom. The molecule has 0 spiro atoms. The molecule has 0 saturated carbocycles. The van der Waals surface area contributed by atoms with E-state index in [9.17, 15) is 18.0 Å². The van der Waals surface area contributed by atoms with Gasteiger partial charge in [-0.2, -0.15) is 0 Å². The number of carbonyl (C=O) groups is 2. The first kappa shape index (κ1) is 24.8. The summed E-state index contributed by atoms with van der Waals surface area (Å²) in [5.74, 6) is -0.480. The molecule has 0 bridgehead atoms. The lowest BCUT2D eigenvalue weighted by Gasteiger charge is -2.26. The second-order valence-corrected chi connectivity index (χ2v) is 9.67. The SMILES string of the molecule is COc1ccc(C)cc1N(CC(=O)Nc1cccc(NC(C)=O)c1)S(=O)(=O)c1ccc(C)cc1. The summed E-state index contributed by atoms with van der Waals surface area (Å²) in [7, 11) is -2.65. The van der Waals surface area contributed by atoms with E-state index >= 15 is 0 Å². The second kappa shape index (κ2) is 10.4. The molecule has 0 unspecified atom stereocenters. The van der Waals surface area contributed by atoms with Crippen LogP contribution in [0.5, 0.6) is 5.75 Å². The third kappa shape index (κ3) is 5.93. The van der Waals surface area contributed by atoms with Gasteiger partial charge in [0.1, 0.15) is 12.3 Å². The van der Waals surface area contributed by atoms with Crippen LogP contribution in [-0.4, -0.2) is 33.9 Å². The highest BCUT2D eigenvalue weighted by Crippen LogP contribution is 2.33. The Bertz CT molecular complexity index is 1300. The summed E-state index contributed by atoms with van der Waals surface area (Å²) >= 11 is 0. The molecule has 2 amide bonds.